The molecule has 3 aromatic rings. The highest BCUT2D eigenvalue weighted by Gasteiger charge is 2.08. The lowest BCUT2D eigenvalue weighted by Crippen LogP contribution is -2.30. The number of ether oxygens (including phenoxy) is 1. The average Bonchev–Trinajstić information content (AvgIpc) is 2.79. The van der Waals surface area contributed by atoms with Gasteiger partial charge in [-0.15, -0.1) is 0 Å². The number of nitrogens with two attached hydrogens (primary N) is 1. The molecule has 0 aliphatic heterocycles. The number of amides is 3. The molecule has 0 bridgehead atoms. The number of aromatic nitrogens is 1. The van der Waals surface area contributed by atoms with Gasteiger partial charge < -0.3 is 21.1 Å². The Morgan fingerprint density at radius 3 is 1.97 bits per heavy atom. The van der Waals surface area contributed by atoms with Crippen LogP contribution in [0.25, 0.3) is 0 Å². The van der Waals surface area contributed by atoms with Crippen LogP contribution in [0.15, 0.2) is 73.1 Å². The number of hydrogen-bond acceptors (Lipinski definition) is 5. The maximum absolute atomic E-state index is 12.2. The monoisotopic (exact) mass is 418 g/mol. The number of carbonyl (C=O) groups is 3. The first-order valence-electron chi connectivity index (χ1n) is 9.63. The lowest BCUT2D eigenvalue weighted by Gasteiger charge is -2.09. The Morgan fingerprint density at radius 2 is 1.39 bits per heavy atom. The Bertz CT molecular complexity index is 1040. The van der Waals surface area contributed by atoms with Crippen LogP contribution in [0.2, 0.25) is 0 Å². The Labute approximate surface area is 179 Å². The van der Waals surface area contributed by atoms with E-state index in [9.17, 15) is 14.4 Å². The number of nitrogens with one attached hydrogen (secondary N) is 2. The minimum Gasteiger partial charge on any atom is -0.457 e. The molecule has 0 saturated carbocycles. The Balaban J connectivity index is 1.42. The van der Waals surface area contributed by atoms with Gasteiger partial charge in [0.1, 0.15) is 11.5 Å². The van der Waals surface area contributed by atoms with E-state index in [1.807, 2.05) is 12.1 Å². The fourth-order valence-electron chi connectivity index (χ4n) is 2.68. The Morgan fingerprint density at radius 1 is 0.806 bits per heavy atom. The largest absolute Gasteiger partial charge is 0.457 e. The first-order chi connectivity index (χ1) is 15.0. The van der Waals surface area contributed by atoms with Crippen LogP contribution in [0.3, 0.4) is 0 Å². The second-order valence-corrected chi connectivity index (χ2v) is 6.65. The van der Waals surface area contributed by atoms with Gasteiger partial charge in [-0.05, 0) is 66.2 Å². The van der Waals surface area contributed by atoms with E-state index in [4.69, 9.17) is 10.5 Å². The molecule has 0 spiro atoms. The summed E-state index contributed by atoms with van der Waals surface area (Å²) in [5.41, 5.74) is 7.01. The fraction of sp³-hybridized carbons (Fsp3) is 0.130. The van der Waals surface area contributed by atoms with Gasteiger partial charge >= 0.3 is 0 Å². The highest BCUT2D eigenvalue weighted by atomic mass is 16.5. The summed E-state index contributed by atoms with van der Waals surface area (Å²) in [6.07, 6.45) is 3.51. The van der Waals surface area contributed by atoms with Gasteiger partial charge in [-0.25, -0.2) is 0 Å². The van der Waals surface area contributed by atoms with Crippen molar-refractivity contribution in [1.29, 1.82) is 0 Å². The minimum absolute atomic E-state index is 0.150. The summed E-state index contributed by atoms with van der Waals surface area (Å²) >= 11 is 0. The van der Waals surface area contributed by atoms with E-state index < -0.39 is 5.91 Å². The van der Waals surface area contributed by atoms with Crippen molar-refractivity contribution in [3.8, 4) is 11.5 Å². The highest BCUT2D eigenvalue weighted by molar-refractivity contribution is 5.94. The van der Waals surface area contributed by atoms with Crippen molar-refractivity contribution in [3.63, 3.8) is 0 Å². The maximum atomic E-state index is 12.2. The lowest BCUT2D eigenvalue weighted by molar-refractivity contribution is -0.121. The normalized spacial score (nSPS) is 10.2. The van der Waals surface area contributed by atoms with Gasteiger partial charge in [0.15, 0.2) is 0 Å². The van der Waals surface area contributed by atoms with Crippen molar-refractivity contribution in [3.05, 3.63) is 89.7 Å². The first kappa shape index (κ1) is 21.5. The molecule has 0 atom stereocenters. The predicted molar refractivity (Wildman–Crippen MR) is 115 cm³/mol. The molecule has 1 heterocycles. The van der Waals surface area contributed by atoms with Crippen molar-refractivity contribution in [2.75, 3.05) is 6.54 Å². The molecule has 0 aliphatic carbocycles. The van der Waals surface area contributed by atoms with E-state index in [0.717, 1.165) is 5.56 Å². The number of carbonyl (C=O) groups excluding carboxylic acids is 3. The zero-order chi connectivity index (χ0) is 22.1. The number of primary amides is 1. The molecule has 1 aromatic heterocycles. The van der Waals surface area contributed by atoms with Crippen LogP contribution in [0.4, 0.5) is 0 Å². The smallest absolute Gasteiger partial charge is 0.251 e. The summed E-state index contributed by atoms with van der Waals surface area (Å²) in [6.45, 7) is 0.646. The summed E-state index contributed by atoms with van der Waals surface area (Å²) in [7, 11) is 0. The highest BCUT2D eigenvalue weighted by Crippen LogP contribution is 2.22. The van der Waals surface area contributed by atoms with Gasteiger partial charge in [-0.2, -0.15) is 0 Å². The predicted octanol–water partition coefficient (Wildman–Crippen LogP) is 2.41. The van der Waals surface area contributed by atoms with Gasteiger partial charge in [0, 0.05) is 43.0 Å². The molecule has 0 fully saturated rings. The van der Waals surface area contributed by atoms with Crippen molar-refractivity contribution >= 4 is 17.7 Å². The van der Waals surface area contributed by atoms with E-state index >= 15 is 0 Å². The van der Waals surface area contributed by atoms with E-state index in [2.05, 4.69) is 15.6 Å². The summed E-state index contributed by atoms with van der Waals surface area (Å²) in [6, 6.07) is 16.7. The summed E-state index contributed by atoms with van der Waals surface area (Å²) in [5.74, 6) is 0.148. The zero-order valence-electron chi connectivity index (χ0n) is 16.7. The molecule has 0 radical (unpaired) electrons. The van der Waals surface area contributed by atoms with Crippen LogP contribution in [0.5, 0.6) is 11.5 Å². The molecule has 8 heteroatoms. The van der Waals surface area contributed by atoms with Crippen molar-refractivity contribution < 1.29 is 19.1 Å². The van der Waals surface area contributed by atoms with Crippen LogP contribution in [0.1, 0.15) is 32.7 Å². The lowest BCUT2D eigenvalue weighted by atomic mass is 10.2. The molecule has 0 saturated heterocycles. The van der Waals surface area contributed by atoms with Crippen LogP contribution in [0, 0.1) is 0 Å². The molecule has 0 unspecified atom stereocenters. The van der Waals surface area contributed by atoms with Gasteiger partial charge in [0.25, 0.3) is 5.91 Å². The van der Waals surface area contributed by atoms with Crippen LogP contribution in [-0.4, -0.2) is 29.3 Å². The average molecular weight is 418 g/mol. The Hall–Kier alpha value is -4.20. The number of pyridine rings is 1. The molecule has 158 valence electrons. The van der Waals surface area contributed by atoms with E-state index in [1.54, 1.807) is 60.9 Å². The third-order valence-corrected chi connectivity index (χ3v) is 4.37. The fourth-order valence-corrected chi connectivity index (χ4v) is 2.68. The molecular weight excluding hydrogens is 396 g/mol. The second kappa shape index (κ2) is 10.5. The number of nitrogens with zero attached hydrogens (tertiary/aromatic N) is 1. The SMILES string of the molecule is NC(=O)c1ccc(Oc2ccc(C(=O)NCCC(=O)NCc3ccncc3)cc2)cc1. The number of benzene rings is 2. The van der Waals surface area contributed by atoms with E-state index in [1.165, 1.54) is 0 Å². The third-order valence-electron chi connectivity index (χ3n) is 4.37. The van der Waals surface area contributed by atoms with E-state index in [0.29, 0.717) is 29.2 Å². The van der Waals surface area contributed by atoms with Gasteiger partial charge in [-0.3, -0.25) is 19.4 Å². The Kier molecular flexibility index (Phi) is 7.31. The maximum Gasteiger partial charge on any atom is 0.251 e. The number of rotatable bonds is 9. The van der Waals surface area contributed by atoms with Crippen molar-refractivity contribution in [2.45, 2.75) is 13.0 Å². The molecule has 31 heavy (non-hydrogen) atoms. The summed E-state index contributed by atoms with van der Waals surface area (Å²) < 4.78 is 5.68. The first-order valence-corrected chi connectivity index (χ1v) is 9.63. The quantitative estimate of drug-likeness (QED) is 0.492. The molecule has 3 amide bonds. The summed E-state index contributed by atoms with van der Waals surface area (Å²) in [4.78, 5) is 39.1. The van der Waals surface area contributed by atoms with Crippen molar-refractivity contribution in [1.82, 2.24) is 15.6 Å². The van der Waals surface area contributed by atoms with Gasteiger partial charge in [-0.1, -0.05) is 0 Å². The molecule has 4 N–H and O–H groups in total. The van der Waals surface area contributed by atoms with Crippen LogP contribution >= 0.6 is 0 Å². The van der Waals surface area contributed by atoms with E-state index in [-0.39, 0.29) is 24.8 Å². The van der Waals surface area contributed by atoms with Gasteiger partial charge in [0.2, 0.25) is 11.8 Å². The molecular formula is C23H22N4O4. The van der Waals surface area contributed by atoms with Crippen molar-refractivity contribution in [2.24, 2.45) is 5.73 Å². The van der Waals surface area contributed by atoms with Crippen LogP contribution < -0.4 is 21.1 Å². The third kappa shape index (κ3) is 6.67. The second-order valence-electron chi connectivity index (χ2n) is 6.65. The topological polar surface area (TPSA) is 123 Å². The number of hydrogen-bond donors (Lipinski definition) is 3. The van der Waals surface area contributed by atoms with Gasteiger partial charge in [0.05, 0.1) is 0 Å². The van der Waals surface area contributed by atoms with Crippen LogP contribution in [-0.2, 0) is 11.3 Å². The molecule has 0 aliphatic rings. The molecule has 2 aromatic carbocycles. The summed E-state index contributed by atoms with van der Waals surface area (Å²) in [5, 5.41) is 5.51. The zero-order valence-corrected chi connectivity index (χ0v) is 16.7. The molecule has 3 rings (SSSR count). The molecule has 8 nitrogen and oxygen atoms in total. The standard InChI is InChI=1S/C23H22N4O4/c24-22(29)17-1-5-19(6-2-17)31-20-7-3-18(4-8-20)23(30)26-14-11-21(28)27-15-16-9-12-25-13-10-16/h1-10,12-13H,11,14-15H2,(H2,24,29)(H,26,30)(H,27,28). The minimum atomic E-state index is -0.506.